The molecule has 2 aromatic heterocycles. The SMILES string of the molecule is CC(C)COS(=O)(=O)Cc1ccc2n[nH]nc2n1. The Bertz CT molecular complexity index is 635. The van der Waals surface area contributed by atoms with Gasteiger partial charge in [-0.25, -0.2) is 4.98 Å². The number of fused-ring (bicyclic) bond motifs is 1. The normalized spacial score (nSPS) is 12.4. The highest BCUT2D eigenvalue weighted by Gasteiger charge is 2.15. The van der Waals surface area contributed by atoms with E-state index in [9.17, 15) is 8.42 Å². The van der Waals surface area contributed by atoms with Crippen molar-refractivity contribution in [3.05, 3.63) is 17.8 Å². The summed E-state index contributed by atoms with van der Waals surface area (Å²) in [6, 6.07) is 3.26. The van der Waals surface area contributed by atoms with Gasteiger partial charge in [0.25, 0.3) is 10.1 Å². The van der Waals surface area contributed by atoms with Gasteiger partial charge in [-0.1, -0.05) is 13.8 Å². The quantitative estimate of drug-likeness (QED) is 0.809. The summed E-state index contributed by atoms with van der Waals surface area (Å²) in [4.78, 5) is 4.08. The van der Waals surface area contributed by atoms with E-state index in [-0.39, 0.29) is 18.3 Å². The van der Waals surface area contributed by atoms with E-state index in [1.807, 2.05) is 13.8 Å². The van der Waals surface area contributed by atoms with Crippen LogP contribution in [0.1, 0.15) is 19.5 Å². The molecule has 7 nitrogen and oxygen atoms in total. The Morgan fingerprint density at radius 1 is 1.33 bits per heavy atom. The molecule has 0 aliphatic carbocycles. The Labute approximate surface area is 105 Å². The van der Waals surface area contributed by atoms with Crippen molar-refractivity contribution in [2.24, 2.45) is 5.92 Å². The van der Waals surface area contributed by atoms with Crippen molar-refractivity contribution in [1.29, 1.82) is 0 Å². The fraction of sp³-hybridized carbons (Fsp3) is 0.500. The molecule has 0 spiro atoms. The molecule has 0 saturated heterocycles. The number of H-pyrrole nitrogens is 1. The summed E-state index contributed by atoms with van der Waals surface area (Å²) in [6.07, 6.45) is 0. The van der Waals surface area contributed by atoms with Crippen molar-refractivity contribution in [2.45, 2.75) is 19.6 Å². The minimum atomic E-state index is -3.60. The average Bonchev–Trinajstić information content (AvgIpc) is 2.73. The third kappa shape index (κ3) is 3.23. The van der Waals surface area contributed by atoms with E-state index in [0.29, 0.717) is 16.9 Å². The predicted molar refractivity (Wildman–Crippen MR) is 65.1 cm³/mol. The third-order valence-corrected chi connectivity index (χ3v) is 3.29. The van der Waals surface area contributed by atoms with Gasteiger partial charge in [0.15, 0.2) is 0 Å². The molecule has 8 heteroatoms. The van der Waals surface area contributed by atoms with Crippen molar-refractivity contribution in [3.63, 3.8) is 0 Å². The van der Waals surface area contributed by atoms with E-state index in [4.69, 9.17) is 4.18 Å². The van der Waals surface area contributed by atoms with Crippen LogP contribution in [0.4, 0.5) is 0 Å². The van der Waals surface area contributed by atoms with Crippen molar-refractivity contribution in [2.75, 3.05) is 6.61 Å². The van der Waals surface area contributed by atoms with E-state index < -0.39 is 10.1 Å². The largest absolute Gasteiger partial charge is 0.273 e. The Kier molecular flexibility index (Phi) is 3.58. The first kappa shape index (κ1) is 12.9. The lowest BCUT2D eigenvalue weighted by Crippen LogP contribution is -2.13. The third-order valence-electron chi connectivity index (χ3n) is 2.14. The van der Waals surface area contributed by atoms with Gasteiger partial charge in [-0.2, -0.15) is 18.7 Å². The summed E-state index contributed by atoms with van der Waals surface area (Å²) >= 11 is 0. The molecular weight excluding hydrogens is 256 g/mol. The molecule has 0 unspecified atom stereocenters. The van der Waals surface area contributed by atoms with E-state index in [1.165, 1.54) is 0 Å². The first-order chi connectivity index (χ1) is 8.46. The van der Waals surface area contributed by atoms with Gasteiger partial charge in [0.2, 0.25) is 5.65 Å². The maximum Gasteiger partial charge on any atom is 0.273 e. The lowest BCUT2D eigenvalue weighted by atomic mass is 10.2. The van der Waals surface area contributed by atoms with Gasteiger partial charge in [-0.05, 0) is 18.1 Å². The molecule has 18 heavy (non-hydrogen) atoms. The number of rotatable bonds is 5. The van der Waals surface area contributed by atoms with Gasteiger partial charge in [0.05, 0.1) is 12.3 Å². The summed E-state index contributed by atoms with van der Waals surface area (Å²) in [5.41, 5.74) is 1.38. The molecule has 2 aromatic rings. The summed E-state index contributed by atoms with van der Waals surface area (Å²) in [5, 5.41) is 10.1. The molecule has 0 bridgehead atoms. The van der Waals surface area contributed by atoms with Gasteiger partial charge in [-0.3, -0.25) is 4.18 Å². The summed E-state index contributed by atoms with van der Waals surface area (Å²) in [7, 11) is -3.60. The van der Waals surface area contributed by atoms with Crippen molar-refractivity contribution in [3.8, 4) is 0 Å². The Morgan fingerprint density at radius 2 is 2.11 bits per heavy atom. The molecule has 0 fully saturated rings. The molecule has 2 heterocycles. The number of aromatic nitrogens is 4. The van der Waals surface area contributed by atoms with E-state index in [2.05, 4.69) is 20.4 Å². The van der Waals surface area contributed by atoms with Crippen LogP contribution >= 0.6 is 0 Å². The Balaban J connectivity index is 2.12. The van der Waals surface area contributed by atoms with Crippen molar-refractivity contribution >= 4 is 21.3 Å². The van der Waals surface area contributed by atoms with Gasteiger partial charge in [0, 0.05) is 0 Å². The maximum atomic E-state index is 11.7. The zero-order valence-electron chi connectivity index (χ0n) is 10.1. The van der Waals surface area contributed by atoms with Gasteiger partial charge >= 0.3 is 0 Å². The zero-order chi connectivity index (χ0) is 13.2. The van der Waals surface area contributed by atoms with E-state index >= 15 is 0 Å². The molecule has 0 aliphatic heterocycles. The number of hydrogen-bond acceptors (Lipinski definition) is 6. The summed E-state index contributed by atoms with van der Waals surface area (Å²) in [5.74, 6) is -0.103. The molecular formula is C10H14N4O3S. The lowest BCUT2D eigenvalue weighted by molar-refractivity contribution is 0.274. The summed E-state index contributed by atoms with van der Waals surface area (Å²) in [6.45, 7) is 3.94. The van der Waals surface area contributed by atoms with Crippen molar-refractivity contribution < 1.29 is 12.6 Å². The monoisotopic (exact) mass is 270 g/mol. The number of hydrogen-bond donors (Lipinski definition) is 1. The van der Waals surface area contributed by atoms with Gasteiger partial charge in [-0.15, -0.1) is 5.10 Å². The second-order valence-electron chi connectivity index (χ2n) is 4.35. The second kappa shape index (κ2) is 4.99. The minimum absolute atomic E-state index is 0.158. The Morgan fingerprint density at radius 3 is 2.83 bits per heavy atom. The number of aromatic amines is 1. The van der Waals surface area contributed by atoms with Gasteiger partial charge < -0.3 is 0 Å². The van der Waals surface area contributed by atoms with Crippen LogP contribution in [0, 0.1) is 5.92 Å². The molecule has 0 aromatic carbocycles. The van der Waals surface area contributed by atoms with Crippen LogP contribution in [0.3, 0.4) is 0 Å². The molecule has 0 aliphatic rings. The number of nitrogens with one attached hydrogen (secondary N) is 1. The van der Waals surface area contributed by atoms with E-state index in [0.717, 1.165) is 0 Å². The van der Waals surface area contributed by atoms with Crippen LogP contribution in [-0.2, 0) is 20.1 Å². The molecule has 98 valence electrons. The second-order valence-corrected chi connectivity index (χ2v) is 5.99. The molecule has 0 atom stereocenters. The average molecular weight is 270 g/mol. The Hall–Kier alpha value is -1.54. The maximum absolute atomic E-state index is 11.7. The lowest BCUT2D eigenvalue weighted by Gasteiger charge is -2.07. The smallest absolute Gasteiger partial charge is 0.270 e. The highest BCUT2D eigenvalue weighted by Crippen LogP contribution is 2.10. The fourth-order valence-electron chi connectivity index (χ4n) is 1.32. The predicted octanol–water partition coefficient (Wildman–Crippen LogP) is 0.855. The number of nitrogens with zero attached hydrogens (tertiary/aromatic N) is 3. The molecule has 0 amide bonds. The molecule has 2 rings (SSSR count). The molecule has 0 saturated carbocycles. The van der Waals surface area contributed by atoms with Crippen LogP contribution < -0.4 is 0 Å². The zero-order valence-corrected chi connectivity index (χ0v) is 10.9. The minimum Gasteiger partial charge on any atom is -0.270 e. The van der Waals surface area contributed by atoms with Crippen LogP contribution in [0.25, 0.3) is 11.2 Å². The van der Waals surface area contributed by atoms with E-state index in [1.54, 1.807) is 12.1 Å². The first-order valence-electron chi connectivity index (χ1n) is 5.50. The first-order valence-corrected chi connectivity index (χ1v) is 7.07. The standard InChI is InChI=1S/C10H14N4O3S/c1-7(2)5-17-18(15,16)6-8-3-4-9-10(11-8)13-14-12-9/h3-4,7H,5-6H2,1-2H3,(H,11,12,13,14). The van der Waals surface area contributed by atoms with Crippen LogP contribution in [-0.4, -0.2) is 35.4 Å². The molecule has 0 radical (unpaired) electrons. The van der Waals surface area contributed by atoms with Crippen LogP contribution in [0.5, 0.6) is 0 Å². The van der Waals surface area contributed by atoms with Gasteiger partial charge in [0.1, 0.15) is 11.3 Å². The van der Waals surface area contributed by atoms with Crippen LogP contribution in [0.15, 0.2) is 12.1 Å². The number of pyridine rings is 1. The summed E-state index contributed by atoms with van der Waals surface area (Å²) < 4.78 is 28.2. The fourth-order valence-corrected chi connectivity index (χ4v) is 2.40. The van der Waals surface area contributed by atoms with Crippen molar-refractivity contribution in [1.82, 2.24) is 20.4 Å². The highest BCUT2D eigenvalue weighted by molar-refractivity contribution is 7.85. The highest BCUT2D eigenvalue weighted by atomic mass is 32.2. The molecule has 1 N–H and O–H groups in total. The topological polar surface area (TPSA) is 97.8 Å². The van der Waals surface area contributed by atoms with Crippen LogP contribution in [0.2, 0.25) is 0 Å².